The zero-order valence-corrected chi connectivity index (χ0v) is 21.0. The van der Waals surface area contributed by atoms with Crippen molar-refractivity contribution < 1.29 is 23.7 Å². The molecule has 3 aromatic rings. The standard InChI is InChI=1S/C26H22BrNO5S/c1-15-7-21-20(11-28(13-31-21)5-4-19-3-2-6-34-19)26-23(15)24(29)22(33-26)10-16-8-18(27)9-17-12-30-14-32-25(16)17/h2-3,6-10H,4-5,11-14H2,1H3/b22-10-. The number of hydrogen-bond acceptors (Lipinski definition) is 7. The van der Waals surface area contributed by atoms with Crippen molar-refractivity contribution in [2.24, 2.45) is 0 Å². The molecule has 0 atom stereocenters. The van der Waals surface area contributed by atoms with Crippen molar-refractivity contribution in [2.75, 3.05) is 20.1 Å². The average molecular weight is 540 g/mol. The van der Waals surface area contributed by atoms with Gasteiger partial charge in [-0.3, -0.25) is 9.69 Å². The molecular formula is C26H22BrNO5S. The fourth-order valence-electron chi connectivity index (χ4n) is 4.60. The molecule has 0 aliphatic carbocycles. The Morgan fingerprint density at radius 2 is 2.12 bits per heavy atom. The Kier molecular flexibility index (Phi) is 5.69. The van der Waals surface area contributed by atoms with Crippen LogP contribution in [0, 0.1) is 6.92 Å². The monoisotopic (exact) mass is 539 g/mol. The number of fused-ring (bicyclic) bond motifs is 4. The highest BCUT2D eigenvalue weighted by molar-refractivity contribution is 9.10. The zero-order valence-electron chi connectivity index (χ0n) is 18.6. The summed E-state index contributed by atoms with van der Waals surface area (Å²) in [6, 6.07) is 10.1. The van der Waals surface area contributed by atoms with Crippen LogP contribution >= 0.6 is 27.3 Å². The van der Waals surface area contributed by atoms with Crippen LogP contribution in [0.2, 0.25) is 0 Å². The number of carbonyl (C=O) groups is 1. The van der Waals surface area contributed by atoms with Gasteiger partial charge in [0, 0.05) is 33.6 Å². The number of halogens is 1. The molecule has 4 heterocycles. The Morgan fingerprint density at radius 3 is 2.97 bits per heavy atom. The molecule has 0 fully saturated rings. The quantitative estimate of drug-likeness (QED) is 0.396. The van der Waals surface area contributed by atoms with Gasteiger partial charge in [-0.2, -0.15) is 0 Å². The van der Waals surface area contributed by atoms with Gasteiger partial charge in [-0.15, -0.1) is 11.3 Å². The number of nitrogens with zero attached hydrogens (tertiary/aromatic N) is 1. The minimum atomic E-state index is -0.119. The van der Waals surface area contributed by atoms with Crippen molar-refractivity contribution in [1.29, 1.82) is 0 Å². The molecule has 0 spiro atoms. The fourth-order valence-corrected chi connectivity index (χ4v) is 5.82. The predicted octanol–water partition coefficient (Wildman–Crippen LogP) is 5.70. The van der Waals surface area contributed by atoms with Crippen LogP contribution in [0.4, 0.5) is 0 Å². The molecule has 0 radical (unpaired) electrons. The van der Waals surface area contributed by atoms with Crippen LogP contribution in [0.25, 0.3) is 6.08 Å². The third kappa shape index (κ3) is 3.94. The smallest absolute Gasteiger partial charge is 0.232 e. The highest BCUT2D eigenvalue weighted by atomic mass is 79.9. The summed E-state index contributed by atoms with van der Waals surface area (Å²) in [5, 5.41) is 2.10. The van der Waals surface area contributed by atoms with E-state index < -0.39 is 0 Å². The molecule has 0 saturated carbocycles. The van der Waals surface area contributed by atoms with E-state index in [1.807, 2.05) is 25.1 Å². The first-order chi connectivity index (χ1) is 16.6. The molecule has 0 bridgehead atoms. The Morgan fingerprint density at radius 1 is 1.21 bits per heavy atom. The lowest BCUT2D eigenvalue weighted by Gasteiger charge is -2.30. The molecule has 0 saturated heterocycles. The Hall–Kier alpha value is -2.65. The van der Waals surface area contributed by atoms with Gasteiger partial charge in [0.05, 0.1) is 17.7 Å². The second kappa shape index (κ2) is 8.85. The second-order valence-electron chi connectivity index (χ2n) is 8.56. The SMILES string of the molecule is Cc1cc2c(c3c1C(=O)/C(=C/c1cc(Br)cc4c1OCOC4)O3)CN(CCc1cccs1)CO2. The molecule has 6 nitrogen and oxygen atoms in total. The highest BCUT2D eigenvalue weighted by Gasteiger charge is 2.35. The molecule has 8 heteroatoms. The number of ketones is 1. The number of hydrogen-bond donors (Lipinski definition) is 0. The maximum atomic E-state index is 13.4. The molecule has 1 aromatic heterocycles. The van der Waals surface area contributed by atoms with Gasteiger partial charge in [0.1, 0.15) is 24.0 Å². The van der Waals surface area contributed by atoms with Crippen LogP contribution in [0.15, 0.2) is 45.9 Å². The summed E-state index contributed by atoms with van der Waals surface area (Å²) < 4.78 is 24.3. The van der Waals surface area contributed by atoms with Crippen LogP contribution in [0.5, 0.6) is 17.2 Å². The number of thiophene rings is 1. The van der Waals surface area contributed by atoms with Crippen LogP contribution < -0.4 is 14.2 Å². The number of benzene rings is 2. The molecule has 34 heavy (non-hydrogen) atoms. The Labute approximate surface area is 209 Å². The van der Waals surface area contributed by atoms with Crippen molar-refractivity contribution in [3.63, 3.8) is 0 Å². The summed E-state index contributed by atoms with van der Waals surface area (Å²) in [7, 11) is 0. The van der Waals surface area contributed by atoms with Crippen LogP contribution in [-0.2, 0) is 24.3 Å². The Bertz CT molecular complexity index is 1320. The summed E-state index contributed by atoms with van der Waals surface area (Å²) in [6.07, 6.45) is 2.73. The number of aryl methyl sites for hydroxylation is 1. The van der Waals surface area contributed by atoms with E-state index in [0.717, 1.165) is 51.2 Å². The van der Waals surface area contributed by atoms with Crippen molar-refractivity contribution in [3.8, 4) is 17.2 Å². The molecule has 6 rings (SSSR count). The molecule has 0 amide bonds. The molecule has 0 N–H and O–H groups in total. The first kappa shape index (κ1) is 21.9. The first-order valence-corrected chi connectivity index (χ1v) is 12.8. The molecule has 3 aliphatic heterocycles. The van der Waals surface area contributed by atoms with E-state index in [0.29, 0.717) is 31.2 Å². The molecule has 0 unspecified atom stereocenters. The van der Waals surface area contributed by atoms with Crippen LogP contribution in [0.1, 0.15) is 37.5 Å². The Balaban J connectivity index is 1.32. The van der Waals surface area contributed by atoms with E-state index in [4.69, 9.17) is 18.9 Å². The summed E-state index contributed by atoms with van der Waals surface area (Å²) in [4.78, 5) is 17.0. The lowest BCUT2D eigenvalue weighted by molar-refractivity contribution is -0.0165. The molecule has 3 aliphatic rings. The van der Waals surface area contributed by atoms with Gasteiger partial charge in [-0.1, -0.05) is 22.0 Å². The molecular weight excluding hydrogens is 518 g/mol. The van der Waals surface area contributed by atoms with Gasteiger partial charge in [-0.25, -0.2) is 0 Å². The average Bonchev–Trinajstić information content (AvgIpc) is 3.46. The van der Waals surface area contributed by atoms with Gasteiger partial charge < -0.3 is 18.9 Å². The summed E-state index contributed by atoms with van der Waals surface area (Å²) >= 11 is 5.31. The summed E-state index contributed by atoms with van der Waals surface area (Å²) in [6.45, 7) is 4.66. The number of carbonyl (C=O) groups excluding carboxylic acids is 1. The number of ether oxygens (including phenoxy) is 4. The van der Waals surface area contributed by atoms with Crippen molar-refractivity contribution in [2.45, 2.75) is 26.5 Å². The number of rotatable bonds is 4. The summed E-state index contributed by atoms with van der Waals surface area (Å²) in [5.41, 5.74) is 4.11. The topological polar surface area (TPSA) is 57.2 Å². The lowest BCUT2D eigenvalue weighted by atomic mass is 9.98. The number of Topliss-reactive ketones (excluding diaryl/α,β-unsaturated/α-hetero) is 1. The molecule has 174 valence electrons. The van der Waals surface area contributed by atoms with Gasteiger partial charge in [0.25, 0.3) is 0 Å². The van der Waals surface area contributed by atoms with Crippen molar-refractivity contribution in [3.05, 3.63) is 78.6 Å². The normalized spacial score (nSPS) is 18.1. The number of allylic oxidation sites excluding steroid dienone is 1. The maximum Gasteiger partial charge on any atom is 0.232 e. The third-order valence-electron chi connectivity index (χ3n) is 6.23. The second-order valence-corrected chi connectivity index (χ2v) is 10.5. The van der Waals surface area contributed by atoms with Crippen LogP contribution in [-0.4, -0.2) is 30.8 Å². The van der Waals surface area contributed by atoms with E-state index in [1.54, 1.807) is 17.4 Å². The maximum absolute atomic E-state index is 13.4. The lowest BCUT2D eigenvalue weighted by Crippen LogP contribution is -2.33. The fraction of sp³-hybridized carbons (Fsp3) is 0.269. The van der Waals surface area contributed by atoms with Crippen LogP contribution in [0.3, 0.4) is 0 Å². The highest BCUT2D eigenvalue weighted by Crippen LogP contribution is 2.44. The van der Waals surface area contributed by atoms with Gasteiger partial charge in [0.15, 0.2) is 12.6 Å². The first-order valence-electron chi connectivity index (χ1n) is 11.1. The minimum absolute atomic E-state index is 0.119. The minimum Gasteiger partial charge on any atom is -0.478 e. The van der Waals surface area contributed by atoms with E-state index in [2.05, 4.69) is 38.3 Å². The van der Waals surface area contributed by atoms with E-state index in [1.165, 1.54) is 4.88 Å². The van der Waals surface area contributed by atoms with Gasteiger partial charge in [-0.05, 0) is 54.6 Å². The van der Waals surface area contributed by atoms with Crippen molar-refractivity contribution >= 4 is 39.1 Å². The van der Waals surface area contributed by atoms with Gasteiger partial charge >= 0.3 is 0 Å². The van der Waals surface area contributed by atoms with Crippen molar-refractivity contribution in [1.82, 2.24) is 4.90 Å². The van der Waals surface area contributed by atoms with E-state index >= 15 is 0 Å². The summed E-state index contributed by atoms with van der Waals surface area (Å²) in [5.74, 6) is 2.29. The third-order valence-corrected chi connectivity index (χ3v) is 7.63. The van der Waals surface area contributed by atoms with E-state index in [-0.39, 0.29) is 18.3 Å². The largest absolute Gasteiger partial charge is 0.478 e. The predicted molar refractivity (Wildman–Crippen MR) is 132 cm³/mol. The van der Waals surface area contributed by atoms with E-state index in [9.17, 15) is 4.79 Å². The van der Waals surface area contributed by atoms with Gasteiger partial charge in [0.2, 0.25) is 5.78 Å². The molecule has 2 aromatic carbocycles. The zero-order chi connectivity index (χ0) is 23.2.